The molecule has 0 unspecified atom stereocenters. The van der Waals surface area contributed by atoms with E-state index >= 15 is 0 Å². The minimum absolute atomic E-state index is 0.140. The Kier molecular flexibility index (Phi) is 3.64. The molecule has 21 heavy (non-hydrogen) atoms. The van der Waals surface area contributed by atoms with Gasteiger partial charge >= 0.3 is 0 Å². The van der Waals surface area contributed by atoms with Crippen LogP contribution in [0.5, 0.6) is 0 Å². The van der Waals surface area contributed by atoms with Crippen molar-refractivity contribution in [2.75, 3.05) is 0 Å². The van der Waals surface area contributed by atoms with Gasteiger partial charge in [0, 0.05) is 12.6 Å². The molecule has 0 saturated heterocycles. The highest BCUT2D eigenvalue weighted by atomic mass is 35.5. The van der Waals surface area contributed by atoms with Gasteiger partial charge < -0.3 is 4.57 Å². The lowest BCUT2D eigenvalue weighted by Gasteiger charge is -2.08. The van der Waals surface area contributed by atoms with Crippen LogP contribution in [0.25, 0.3) is 11.0 Å². The van der Waals surface area contributed by atoms with Crippen molar-refractivity contribution in [2.45, 2.75) is 19.3 Å². The van der Waals surface area contributed by atoms with Crippen LogP contribution in [0.15, 0.2) is 36.4 Å². The first kappa shape index (κ1) is 14.0. The number of rotatable bonds is 3. The van der Waals surface area contributed by atoms with Crippen LogP contribution in [-0.4, -0.2) is 9.55 Å². The van der Waals surface area contributed by atoms with Crippen molar-refractivity contribution in [3.05, 3.63) is 65.0 Å². The van der Waals surface area contributed by atoms with Crippen molar-refractivity contribution in [1.82, 2.24) is 9.55 Å². The second kappa shape index (κ2) is 5.45. The lowest BCUT2D eigenvalue weighted by Crippen LogP contribution is -2.04. The van der Waals surface area contributed by atoms with Crippen LogP contribution in [0.2, 0.25) is 0 Å². The molecule has 3 aromatic rings. The third-order valence-electron chi connectivity index (χ3n) is 3.39. The number of aromatic nitrogens is 2. The lowest BCUT2D eigenvalue weighted by atomic mass is 10.1. The van der Waals surface area contributed by atoms with E-state index in [1.54, 1.807) is 4.57 Å². The zero-order valence-corrected chi connectivity index (χ0v) is 12.2. The number of aryl methyl sites for hydroxylation is 1. The molecular formula is C16H13ClF2N2. The topological polar surface area (TPSA) is 17.8 Å². The quantitative estimate of drug-likeness (QED) is 0.655. The summed E-state index contributed by atoms with van der Waals surface area (Å²) >= 11 is 5.89. The number of nitrogens with zero attached hydrogens (tertiary/aromatic N) is 2. The Morgan fingerprint density at radius 1 is 1.19 bits per heavy atom. The maximum atomic E-state index is 13.8. The Hall–Kier alpha value is -1.94. The maximum Gasteiger partial charge on any atom is 0.153 e. The Bertz CT molecular complexity index is 811. The second-order valence-electron chi connectivity index (χ2n) is 4.99. The zero-order valence-electron chi connectivity index (χ0n) is 11.4. The van der Waals surface area contributed by atoms with Crippen LogP contribution < -0.4 is 0 Å². The van der Waals surface area contributed by atoms with Crippen molar-refractivity contribution < 1.29 is 8.78 Å². The van der Waals surface area contributed by atoms with Gasteiger partial charge in [-0.25, -0.2) is 13.8 Å². The van der Waals surface area contributed by atoms with Crippen LogP contribution >= 0.6 is 11.6 Å². The van der Waals surface area contributed by atoms with E-state index in [-0.39, 0.29) is 11.4 Å². The smallest absolute Gasteiger partial charge is 0.153 e. The fourth-order valence-electron chi connectivity index (χ4n) is 2.47. The van der Waals surface area contributed by atoms with Crippen LogP contribution in [0.1, 0.15) is 17.0 Å². The van der Waals surface area contributed by atoms with Gasteiger partial charge in [-0.15, -0.1) is 11.6 Å². The van der Waals surface area contributed by atoms with E-state index in [4.69, 9.17) is 11.6 Å². The van der Waals surface area contributed by atoms with Crippen LogP contribution in [0, 0.1) is 18.6 Å². The molecule has 0 bridgehead atoms. The molecule has 3 rings (SSSR count). The molecule has 0 fully saturated rings. The summed E-state index contributed by atoms with van der Waals surface area (Å²) in [5.74, 6) is -0.620. The first-order valence-electron chi connectivity index (χ1n) is 6.54. The van der Waals surface area contributed by atoms with E-state index in [9.17, 15) is 8.78 Å². The predicted molar refractivity (Wildman–Crippen MR) is 79.5 cm³/mol. The number of benzene rings is 2. The third-order valence-corrected chi connectivity index (χ3v) is 3.63. The van der Waals surface area contributed by atoms with Gasteiger partial charge in [0.25, 0.3) is 0 Å². The molecule has 0 aliphatic heterocycles. The molecule has 2 aromatic carbocycles. The molecule has 1 aromatic heterocycles. The predicted octanol–water partition coefficient (Wildman–Crippen LogP) is 4.41. The Morgan fingerprint density at radius 3 is 2.71 bits per heavy atom. The molecule has 108 valence electrons. The summed E-state index contributed by atoms with van der Waals surface area (Å²) in [6.07, 6.45) is 0. The van der Waals surface area contributed by atoms with Gasteiger partial charge in [0.1, 0.15) is 17.2 Å². The summed E-state index contributed by atoms with van der Waals surface area (Å²) in [4.78, 5) is 4.18. The van der Waals surface area contributed by atoms with Gasteiger partial charge in [0.2, 0.25) is 0 Å². The van der Waals surface area contributed by atoms with Gasteiger partial charge in [0.05, 0.1) is 11.4 Å². The summed E-state index contributed by atoms with van der Waals surface area (Å²) < 4.78 is 29.1. The van der Waals surface area contributed by atoms with Gasteiger partial charge in [-0.05, 0) is 18.6 Å². The van der Waals surface area contributed by atoms with E-state index in [1.807, 2.05) is 31.2 Å². The van der Waals surface area contributed by atoms with Gasteiger partial charge in [-0.3, -0.25) is 0 Å². The Balaban J connectivity index is 2.16. The van der Waals surface area contributed by atoms with Crippen molar-refractivity contribution in [2.24, 2.45) is 0 Å². The first-order chi connectivity index (χ1) is 10.1. The average Bonchev–Trinajstić information content (AvgIpc) is 2.77. The van der Waals surface area contributed by atoms with Crippen molar-refractivity contribution in [3.8, 4) is 0 Å². The molecule has 0 aliphatic carbocycles. The molecule has 0 spiro atoms. The van der Waals surface area contributed by atoms with E-state index in [0.717, 1.165) is 17.2 Å². The number of imidazole rings is 1. The minimum Gasteiger partial charge on any atom is -0.322 e. The van der Waals surface area contributed by atoms with Crippen molar-refractivity contribution in [3.63, 3.8) is 0 Å². The standard InChI is InChI=1S/C16H13ClF2N2/c1-10-3-2-4-11(5-10)9-21-14-7-12(18)6-13(19)16(14)20-15(21)8-17/h2-7H,8-9H2,1H3. The highest BCUT2D eigenvalue weighted by Gasteiger charge is 2.15. The molecule has 0 amide bonds. The largest absolute Gasteiger partial charge is 0.322 e. The molecule has 0 saturated carbocycles. The number of alkyl halides is 1. The highest BCUT2D eigenvalue weighted by Crippen LogP contribution is 2.23. The first-order valence-corrected chi connectivity index (χ1v) is 7.07. The van der Waals surface area contributed by atoms with E-state index in [1.165, 1.54) is 6.07 Å². The molecule has 0 radical (unpaired) electrons. The summed E-state index contributed by atoms with van der Waals surface area (Å²) in [5.41, 5.74) is 2.73. The van der Waals surface area contributed by atoms with Gasteiger partial charge in [-0.2, -0.15) is 0 Å². The summed E-state index contributed by atoms with van der Waals surface area (Å²) in [6, 6.07) is 10.1. The minimum atomic E-state index is -0.667. The third kappa shape index (κ3) is 2.63. The van der Waals surface area contributed by atoms with Gasteiger partial charge in [-0.1, -0.05) is 29.8 Å². The molecule has 0 N–H and O–H groups in total. The van der Waals surface area contributed by atoms with E-state index in [0.29, 0.717) is 17.9 Å². The molecule has 0 aliphatic rings. The lowest BCUT2D eigenvalue weighted by molar-refractivity contribution is 0.590. The summed E-state index contributed by atoms with van der Waals surface area (Å²) in [5, 5.41) is 0. The SMILES string of the molecule is Cc1cccc(Cn2c(CCl)nc3c(F)cc(F)cc32)c1. The number of halogens is 3. The number of hydrogen-bond acceptors (Lipinski definition) is 1. The number of fused-ring (bicyclic) bond motifs is 1. The molecule has 0 atom stereocenters. The summed E-state index contributed by atoms with van der Waals surface area (Å²) in [7, 11) is 0. The van der Waals surface area contributed by atoms with Crippen LogP contribution in [0.3, 0.4) is 0 Å². The van der Waals surface area contributed by atoms with E-state index in [2.05, 4.69) is 4.98 Å². The molecule has 2 nitrogen and oxygen atoms in total. The normalized spacial score (nSPS) is 11.2. The van der Waals surface area contributed by atoms with E-state index < -0.39 is 11.6 Å². The molecule has 5 heteroatoms. The van der Waals surface area contributed by atoms with Crippen LogP contribution in [0.4, 0.5) is 8.78 Å². The maximum absolute atomic E-state index is 13.8. The van der Waals surface area contributed by atoms with Gasteiger partial charge in [0.15, 0.2) is 5.82 Å². The molecule has 1 heterocycles. The second-order valence-corrected chi connectivity index (χ2v) is 5.26. The fourth-order valence-corrected chi connectivity index (χ4v) is 2.67. The van der Waals surface area contributed by atoms with Crippen molar-refractivity contribution in [1.29, 1.82) is 0 Å². The molecular weight excluding hydrogens is 294 g/mol. The monoisotopic (exact) mass is 306 g/mol. The zero-order chi connectivity index (χ0) is 15.0. The van der Waals surface area contributed by atoms with Crippen molar-refractivity contribution >= 4 is 22.6 Å². The number of hydrogen-bond donors (Lipinski definition) is 0. The average molecular weight is 307 g/mol. The highest BCUT2D eigenvalue weighted by molar-refractivity contribution is 6.16. The van der Waals surface area contributed by atoms with Crippen LogP contribution in [-0.2, 0) is 12.4 Å². The Labute approximate surface area is 126 Å². The Morgan fingerprint density at radius 2 is 2.00 bits per heavy atom. The summed E-state index contributed by atoms with van der Waals surface area (Å²) in [6.45, 7) is 2.47. The fraction of sp³-hybridized carbons (Fsp3) is 0.188.